The van der Waals surface area contributed by atoms with Gasteiger partial charge in [0.05, 0.1) is 18.1 Å². The molecule has 5 heteroatoms. The highest BCUT2D eigenvalue weighted by Crippen LogP contribution is 2.25. The van der Waals surface area contributed by atoms with Crippen molar-refractivity contribution in [1.29, 1.82) is 0 Å². The van der Waals surface area contributed by atoms with Gasteiger partial charge in [-0.25, -0.2) is 4.39 Å². The van der Waals surface area contributed by atoms with E-state index in [1.165, 1.54) is 18.4 Å². The van der Waals surface area contributed by atoms with Crippen LogP contribution in [0.2, 0.25) is 0 Å². The summed E-state index contributed by atoms with van der Waals surface area (Å²) < 4.78 is 29.5. The van der Waals surface area contributed by atoms with E-state index in [2.05, 4.69) is 0 Å². The van der Waals surface area contributed by atoms with E-state index in [0.717, 1.165) is 16.9 Å². The van der Waals surface area contributed by atoms with Crippen LogP contribution in [-0.4, -0.2) is 7.11 Å². The summed E-state index contributed by atoms with van der Waals surface area (Å²) in [7, 11) is 1.59. The zero-order valence-corrected chi connectivity index (χ0v) is 15.1. The second-order valence-corrected chi connectivity index (χ2v) is 6.28. The van der Waals surface area contributed by atoms with Gasteiger partial charge in [-0.15, -0.1) is 0 Å². The van der Waals surface area contributed by atoms with Gasteiger partial charge < -0.3 is 13.9 Å². The van der Waals surface area contributed by atoms with Gasteiger partial charge in [-0.2, -0.15) is 0 Å². The number of hydrogen-bond acceptors (Lipinski definition) is 4. The molecule has 0 saturated heterocycles. The molecule has 0 aliphatic rings. The first kappa shape index (κ1) is 17.8. The van der Waals surface area contributed by atoms with Gasteiger partial charge in [-0.1, -0.05) is 24.3 Å². The average Bonchev–Trinajstić information content (AvgIpc) is 2.74. The first-order chi connectivity index (χ1) is 13.6. The Hall–Kier alpha value is -3.60. The zero-order chi connectivity index (χ0) is 19.5. The third-order valence-corrected chi connectivity index (χ3v) is 4.47. The van der Waals surface area contributed by atoms with Crippen molar-refractivity contribution in [2.75, 3.05) is 7.11 Å². The van der Waals surface area contributed by atoms with Crippen molar-refractivity contribution in [3.8, 4) is 22.6 Å². The van der Waals surface area contributed by atoms with Gasteiger partial charge in [0, 0.05) is 6.07 Å². The molecular formula is C23H17FO4. The smallest absolute Gasteiger partial charge is 0.200 e. The average molecular weight is 376 g/mol. The minimum Gasteiger partial charge on any atom is -0.497 e. The van der Waals surface area contributed by atoms with Gasteiger partial charge in [0.2, 0.25) is 0 Å². The van der Waals surface area contributed by atoms with Crippen LogP contribution in [0, 0.1) is 5.82 Å². The molecule has 1 aromatic heterocycles. The molecular weight excluding hydrogens is 359 g/mol. The molecule has 28 heavy (non-hydrogen) atoms. The Labute approximate surface area is 160 Å². The molecule has 0 aliphatic carbocycles. The summed E-state index contributed by atoms with van der Waals surface area (Å²) in [5, 5.41) is 0.474. The molecule has 4 rings (SSSR count). The first-order valence-electron chi connectivity index (χ1n) is 8.71. The summed E-state index contributed by atoms with van der Waals surface area (Å²) in [6, 6.07) is 18.4. The fourth-order valence-corrected chi connectivity index (χ4v) is 2.92. The molecule has 4 aromatic rings. The van der Waals surface area contributed by atoms with Crippen molar-refractivity contribution >= 4 is 11.0 Å². The normalized spacial score (nSPS) is 10.8. The van der Waals surface area contributed by atoms with Gasteiger partial charge in [0.25, 0.3) is 0 Å². The molecule has 0 N–H and O–H groups in total. The van der Waals surface area contributed by atoms with E-state index in [1.54, 1.807) is 49.6 Å². The van der Waals surface area contributed by atoms with E-state index in [1.807, 2.05) is 12.1 Å². The van der Waals surface area contributed by atoms with Crippen LogP contribution in [0.4, 0.5) is 4.39 Å². The highest BCUT2D eigenvalue weighted by Gasteiger charge is 2.10. The minimum absolute atomic E-state index is 0.114. The van der Waals surface area contributed by atoms with Gasteiger partial charge in [0.15, 0.2) is 5.43 Å². The summed E-state index contributed by atoms with van der Waals surface area (Å²) in [6.45, 7) is 0.292. The first-order valence-corrected chi connectivity index (χ1v) is 8.71. The molecule has 140 valence electrons. The third kappa shape index (κ3) is 3.60. The monoisotopic (exact) mass is 376 g/mol. The highest BCUT2D eigenvalue weighted by molar-refractivity contribution is 5.82. The van der Waals surface area contributed by atoms with Gasteiger partial charge in [0.1, 0.15) is 35.8 Å². The van der Waals surface area contributed by atoms with Crippen LogP contribution in [-0.2, 0) is 6.61 Å². The predicted molar refractivity (Wildman–Crippen MR) is 105 cm³/mol. The number of fused-ring (bicyclic) bond motifs is 1. The van der Waals surface area contributed by atoms with Crippen molar-refractivity contribution in [3.05, 3.63) is 94.6 Å². The fraction of sp³-hybridized carbons (Fsp3) is 0.0870. The molecule has 0 bridgehead atoms. The molecule has 0 aliphatic heterocycles. The summed E-state index contributed by atoms with van der Waals surface area (Å²) in [6.07, 6.45) is 1.45. The van der Waals surface area contributed by atoms with Crippen LogP contribution >= 0.6 is 0 Å². The number of ether oxygens (including phenoxy) is 2. The van der Waals surface area contributed by atoms with Crippen LogP contribution in [0.25, 0.3) is 22.1 Å². The molecule has 4 nitrogen and oxygen atoms in total. The summed E-state index contributed by atoms with van der Waals surface area (Å²) in [5.41, 5.74) is 2.41. The quantitative estimate of drug-likeness (QED) is 0.481. The molecule has 0 atom stereocenters. The number of rotatable bonds is 5. The summed E-state index contributed by atoms with van der Waals surface area (Å²) in [5.74, 6) is 0.998. The number of benzene rings is 3. The summed E-state index contributed by atoms with van der Waals surface area (Å²) >= 11 is 0. The van der Waals surface area contributed by atoms with E-state index in [-0.39, 0.29) is 11.2 Å². The van der Waals surface area contributed by atoms with Gasteiger partial charge in [-0.05, 0) is 47.5 Å². The second-order valence-electron chi connectivity index (χ2n) is 6.28. The standard InChI is InChI=1S/C23H17FO4/c1-26-18-8-4-16(5-9-18)21-14-28-22-12-19(10-11-20(22)23(21)25)27-13-15-2-6-17(24)7-3-15/h2-12,14H,13H2,1H3. The van der Waals surface area contributed by atoms with Crippen LogP contribution < -0.4 is 14.9 Å². The zero-order valence-electron chi connectivity index (χ0n) is 15.1. The lowest BCUT2D eigenvalue weighted by atomic mass is 10.1. The van der Waals surface area contributed by atoms with Crippen LogP contribution in [0.3, 0.4) is 0 Å². The molecule has 0 fully saturated rings. The van der Waals surface area contributed by atoms with Crippen molar-refractivity contribution in [3.63, 3.8) is 0 Å². The van der Waals surface area contributed by atoms with Crippen LogP contribution in [0.15, 0.2) is 82.2 Å². The van der Waals surface area contributed by atoms with E-state index in [9.17, 15) is 9.18 Å². The minimum atomic E-state index is -0.288. The number of methoxy groups -OCH3 is 1. The SMILES string of the molecule is COc1ccc(-c2coc3cc(OCc4ccc(F)cc4)ccc3c2=O)cc1. The van der Waals surface area contributed by atoms with Crippen LogP contribution in [0.1, 0.15) is 5.56 Å². The van der Waals surface area contributed by atoms with E-state index in [0.29, 0.717) is 28.9 Å². The van der Waals surface area contributed by atoms with Crippen molar-refractivity contribution in [2.45, 2.75) is 6.61 Å². The maximum Gasteiger partial charge on any atom is 0.200 e. The van der Waals surface area contributed by atoms with Crippen molar-refractivity contribution < 1.29 is 18.3 Å². The Morgan fingerprint density at radius 3 is 2.36 bits per heavy atom. The van der Waals surface area contributed by atoms with Crippen molar-refractivity contribution in [1.82, 2.24) is 0 Å². The Balaban J connectivity index is 1.60. The van der Waals surface area contributed by atoms with E-state index >= 15 is 0 Å². The van der Waals surface area contributed by atoms with Crippen molar-refractivity contribution in [2.24, 2.45) is 0 Å². The fourth-order valence-electron chi connectivity index (χ4n) is 2.92. The van der Waals surface area contributed by atoms with E-state index in [4.69, 9.17) is 13.9 Å². The lowest BCUT2D eigenvalue weighted by Crippen LogP contribution is -2.05. The topological polar surface area (TPSA) is 48.7 Å². The molecule has 0 unspecified atom stereocenters. The molecule has 0 spiro atoms. The number of halogens is 1. The maximum atomic E-state index is 13.0. The molecule has 3 aromatic carbocycles. The lowest BCUT2D eigenvalue weighted by molar-refractivity contribution is 0.306. The molecule has 1 heterocycles. The Kier molecular flexibility index (Phi) is 4.81. The number of hydrogen-bond donors (Lipinski definition) is 0. The van der Waals surface area contributed by atoms with Gasteiger partial charge >= 0.3 is 0 Å². The third-order valence-electron chi connectivity index (χ3n) is 4.47. The molecule has 0 amide bonds. The molecule has 0 saturated carbocycles. The predicted octanol–water partition coefficient (Wildman–Crippen LogP) is 5.19. The Morgan fingerprint density at radius 2 is 1.64 bits per heavy atom. The Morgan fingerprint density at radius 1 is 0.929 bits per heavy atom. The Bertz CT molecular complexity index is 1160. The maximum absolute atomic E-state index is 13.0. The van der Waals surface area contributed by atoms with Gasteiger partial charge in [-0.3, -0.25) is 4.79 Å². The molecule has 0 radical (unpaired) electrons. The lowest BCUT2D eigenvalue weighted by Gasteiger charge is -2.08. The van der Waals surface area contributed by atoms with E-state index < -0.39 is 0 Å². The second kappa shape index (κ2) is 7.56. The largest absolute Gasteiger partial charge is 0.497 e. The highest BCUT2D eigenvalue weighted by atomic mass is 19.1. The summed E-state index contributed by atoms with van der Waals surface area (Å²) in [4.78, 5) is 12.8. The van der Waals surface area contributed by atoms with Crippen LogP contribution in [0.5, 0.6) is 11.5 Å².